The molecule has 8 nitrogen and oxygen atoms in total. The van der Waals surface area contributed by atoms with E-state index >= 15 is 0 Å². The van der Waals surface area contributed by atoms with Crippen LogP contribution in [0.2, 0.25) is 0 Å². The molecule has 0 atom stereocenters. The minimum atomic E-state index is -0.477. The minimum absolute atomic E-state index is 0.175. The summed E-state index contributed by atoms with van der Waals surface area (Å²) in [5.41, 5.74) is 0.555. The van der Waals surface area contributed by atoms with Crippen molar-refractivity contribution in [1.82, 2.24) is 10.2 Å². The van der Waals surface area contributed by atoms with Gasteiger partial charge >= 0.3 is 6.09 Å². The van der Waals surface area contributed by atoms with Crippen molar-refractivity contribution in [3.8, 4) is 0 Å². The van der Waals surface area contributed by atoms with E-state index in [1.807, 2.05) is 20.8 Å². The Bertz CT molecular complexity index is 839. The third-order valence-electron chi connectivity index (χ3n) is 6.16. The van der Waals surface area contributed by atoms with Crippen LogP contribution in [0, 0.1) is 0 Å². The fourth-order valence-corrected chi connectivity index (χ4v) is 4.26. The lowest BCUT2D eigenvalue weighted by atomic mass is 10.1. The predicted molar refractivity (Wildman–Crippen MR) is 134 cm³/mol. The first-order valence-corrected chi connectivity index (χ1v) is 12.3. The predicted octanol–water partition coefficient (Wildman–Crippen LogP) is 3.13. The van der Waals surface area contributed by atoms with Crippen molar-refractivity contribution in [1.29, 1.82) is 0 Å². The number of amides is 3. The van der Waals surface area contributed by atoms with Crippen LogP contribution in [-0.2, 0) is 4.74 Å². The maximum atomic E-state index is 12.5. The summed E-state index contributed by atoms with van der Waals surface area (Å²) in [6, 6.07) is 7.04. The van der Waals surface area contributed by atoms with Gasteiger partial charge in [-0.05, 0) is 32.9 Å². The molecule has 0 fully saturated rings. The van der Waals surface area contributed by atoms with Gasteiger partial charge in [-0.3, -0.25) is 14.5 Å². The second kappa shape index (κ2) is 11.3. The summed E-state index contributed by atoms with van der Waals surface area (Å²) in [7, 11) is 8.84. The lowest BCUT2D eigenvalue weighted by Crippen LogP contribution is -2.47. The molecule has 1 heterocycles. The summed E-state index contributed by atoms with van der Waals surface area (Å²) in [4.78, 5) is 38.2. The molecule has 1 aliphatic rings. The van der Waals surface area contributed by atoms with Gasteiger partial charge in [-0.2, -0.15) is 0 Å². The Kier molecular flexibility index (Phi) is 9.25. The van der Waals surface area contributed by atoms with E-state index in [0.29, 0.717) is 24.2 Å². The second-order valence-electron chi connectivity index (χ2n) is 11.6. The van der Waals surface area contributed by atoms with E-state index in [2.05, 4.69) is 33.5 Å². The maximum absolute atomic E-state index is 12.5. The Labute approximate surface area is 205 Å². The molecule has 34 heavy (non-hydrogen) atoms. The monoisotopic (exact) mass is 476 g/mol. The summed E-state index contributed by atoms with van der Waals surface area (Å²) in [5, 5.41) is 2.82. The SMILES string of the molecule is CC(C)(C)OC(=O)NCCC[N+](C)(C)CCC[N+](C)(C)CCCN1C(=O)c2ccccc2C1=O. The molecular formula is C26H44N4O4+2. The molecule has 0 bridgehead atoms. The van der Waals surface area contributed by atoms with Gasteiger partial charge in [-0.15, -0.1) is 0 Å². The normalized spacial score (nSPS) is 14.4. The number of carbonyl (C=O) groups excluding carboxylic acids is 3. The highest BCUT2D eigenvalue weighted by molar-refractivity contribution is 6.21. The maximum Gasteiger partial charge on any atom is 0.407 e. The zero-order valence-electron chi connectivity index (χ0n) is 22.1. The first-order valence-electron chi connectivity index (χ1n) is 12.3. The minimum Gasteiger partial charge on any atom is -0.444 e. The second-order valence-corrected chi connectivity index (χ2v) is 11.6. The van der Waals surface area contributed by atoms with Gasteiger partial charge in [-0.25, -0.2) is 4.79 Å². The highest BCUT2D eigenvalue weighted by Crippen LogP contribution is 2.22. The number of carbonyl (C=O) groups is 3. The Hall–Kier alpha value is -2.45. The van der Waals surface area contributed by atoms with Crippen molar-refractivity contribution in [2.45, 2.75) is 45.6 Å². The van der Waals surface area contributed by atoms with Crippen LogP contribution in [0.5, 0.6) is 0 Å². The first kappa shape index (κ1) is 27.8. The van der Waals surface area contributed by atoms with Crippen molar-refractivity contribution in [3.63, 3.8) is 0 Å². The Morgan fingerprint density at radius 1 is 0.853 bits per heavy atom. The molecule has 0 saturated heterocycles. The summed E-state index contributed by atoms with van der Waals surface area (Å²) >= 11 is 0. The zero-order valence-corrected chi connectivity index (χ0v) is 22.1. The number of hydrogen-bond acceptors (Lipinski definition) is 4. The van der Waals surface area contributed by atoms with E-state index in [-0.39, 0.29) is 17.9 Å². The molecule has 8 heteroatoms. The summed E-state index contributed by atoms with van der Waals surface area (Å²) in [5.74, 6) is -0.350. The molecule has 1 aliphatic heterocycles. The summed E-state index contributed by atoms with van der Waals surface area (Å²) in [6.45, 7) is 10.6. The van der Waals surface area contributed by atoms with Crippen LogP contribution >= 0.6 is 0 Å². The Balaban J connectivity index is 1.65. The number of nitrogens with zero attached hydrogens (tertiary/aromatic N) is 3. The van der Waals surface area contributed by atoms with Crippen LogP contribution in [0.3, 0.4) is 0 Å². The Morgan fingerprint density at radius 2 is 1.32 bits per heavy atom. The molecule has 0 aromatic heterocycles. The highest BCUT2D eigenvalue weighted by atomic mass is 16.6. The number of ether oxygens (including phenoxy) is 1. The molecule has 0 saturated carbocycles. The lowest BCUT2D eigenvalue weighted by molar-refractivity contribution is -0.909. The molecule has 0 unspecified atom stereocenters. The number of rotatable bonds is 12. The number of fused-ring (bicyclic) bond motifs is 1. The van der Waals surface area contributed by atoms with E-state index in [1.54, 1.807) is 24.3 Å². The van der Waals surface area contributed by atoms with Crippen LogP contribution in [0.25, 0.3) is 0 Å². The van der Waals surface area contributed by atoms with Crippen LogP contribution in [-0.4, -0.2) is 105 Å². The van der Waals surface area contributed by atoms with Crippen LogP contribution in [0.15, 0.2) is 24.3 Å². The van der Waals surface area contributed by atoms with E-state index in [0.717, 1.165) is 54.4 Å². The van der Waals surface area contributed by atoms with Gasteiger partial charge in [0.15, 0.2) is 0 Å². The van der Waals surface area contributed by atoms with Crippen LogP contribution in [0.1, 0.15) is 60.7 Å². The smallest absolute Gasteiger partial charge is 0.407 e. The van der Waals surface area contributed by atoms with Gasteiger partial charge in [0.05, 0.1) is 65.5 Å². The van der Waals surface area contributed by atoms with E-state index in [4.69, 9.17) is 4.74 Å². The molecule has 3 amide bonds. The fourth-order valence-electron chi connectivity index (χ4n) is 4.26. The van der Waals surface area contributed by atoms with Crippen molar-refractivity contribution in [3.05, 3.63) is 35.4 Å². The third kappa shape index (κ3) is 8.72. The number of imide groups is 1. The molecule has 190 valence electrons. The van der Waals surface area contributed by atoms with E-state index in [9.17, 15) is 14.4 Å². The number of benzene rings is 1. The molecule has 0 radical (unpaired) electrons. The number of nitrogens with one attached hydrogen (secondary N) is 1. The largest absolute Gasteiger partial charge is 0.444 e. The average molecular weight is 477 g/mol. The van der Waals surface area contributed by atoms with Crippen LogP contribution in [0.4, 0.5) is 4.79 Å². The van der Waals surface area contributed by atoms with Crippen molar-refractivity contribution in [2.75, 3.05) is 67.5 Å². The van der Waals surface area contributed by atoms with Crippen molar-refractivity contribution < 1.29 is 28.1 Å². The van der Waals surface area contributed by atoms with Crippen molar-refractivity contribution in [2.24, 2.45) is 0 Å². The number of hydrogen-bond donors (Lipinski definition) is 1. The summed E-state index contributed by atoms with van der Waals surface area (Å²) in [6.07, 6.45) is 2.39. The van der Waals surface area contributed by atoms with E-state index < -0.39 is 5.60 Å². The van der Waals surface area contributed by atoms with Gasteiger partial charge in [0.1, 0.15) is 5.60 Å². The van der Waals surface area contributed by atoms with Gasteiger partial charge in [0.2, 0.25) is 0 Å². The van der Waals surface area contributed by atoms with Gasteiger partial charge in [-0.1, -0.05) is 12.1 Å². The van der Waals surface area contributed by atoms with Crippen molar-refractivity contribution >= 4 is 17.9 Å². The van der Waals surface area contributed by atoms with Gasteiger partial charge in [0, 0.05) is 32.4 Å². The number of alkyl carbamates (subject to hydrolysis) is 1. The quantitative estimate of drug-likeness (QED) is 0.286. The lowest BCUT2D eigenvalue weighted by Gasteiger charge is -2.34. The van der Waals surface area contributed by atoms with Crippen LogP contribution < -0.4 is 5.32 Å². The summed E-state index contributed by atoms with van der Waals surface area (Å²) < 4.78 is 7.01. The standard InChI is InChI=1S/C26H43N4O4/c1-26(2,3)34-25(33)27-15-10-17-29(4,5)19-12-20-30(6,7)18-11-16-28-23(31)21-13-8-9-14-22(21)24(28)32/h8-9,13-14H,10-12,15-20H2,1-7H3/q+1/p+1. The van der Waals surface area contributed by atoms with Gasteiger partial charge in [0.25, 0.3) is 11.8 Å². The topological polar surface area (TPSA) is 75.7 Å². The Morgan fingerprint density at radius 3 is 1.82 bits per heavy atom. The first-order chi connectivity index (χ1) is 15.7. The molecule has 2 rings (SSSR count). The molecule has 0 aliphatic carbocycles. The molecule has 1 aromatic rings. The average Bonchev–Trinajstić information content (AvgIpc) is 2.95. The zero-order chi connectivity index (χ0) is 25.6. The molecule has 1 N–H and O–H groups in total. The highest BCUT2D eigenvalue weighted by Gasteiger charge is 2.35. The fraction of sp³-hybridized carbons (Fsp3) is 0.654. The number of quaternary nitrogens is 2. The van der Waals surface area contributed by atoms with E-state index in [1.165, 1.54) is 4.90 Å². The third-order valence-corrected chi connectivity index (χ3v) is 6.16. The molecule has 0 spiro atoms. The van der Waals surface area contributed by atoms with Gasteiger partial charge < -0.3 is 19.0 Å². The molecular weight excluding hydrogens is 432 g/mol. The molecule has 1 aromatic carbocycles.